The van der Waals surface area contributed by atoms with Gasteiger partial charge in [-0.05, 0) is 125 Å². The van der Waals surface area contributed by atoms with Gasteiger partial charge in [0, 0.05) is 121 Å². The molecule has 0 spiro atoms. The van der Waals surface area contributed by atoms with Gasteiger partial charge >= 0.3 is 0 Å². The molecule has 0 aliphatic carbocycles. The maximum absolute atomic E-state index is 7.28. The van der Waals surface area contributed by atoms with Crippen molar-refractivity contribution in [2.24, 2.45) is 0 Å². The van der Waals surface area contributed by atoms with Gasteiger partial charge in [0.05, 0.1) is 44.1 Å². The van der Waals surface area contributed by atoms with E-state index in [1.54, 1.807) is 0 Å². The summed E-state index contributed by atoms with van der Waals surface area (Å²) in [5, 5.41) is 13.5. The molecule has 12 heteroatoms. The van der Waals surface area contributed by atoms with Crippen molar-refractivity contribution in [2.75, 3.05) is 0 Å². The van der Waals surface area contributed by atoms with Gasteiger partial charge in [-0.3, -0.25) is 0 Å². The fourth-order valence-corrected chi connectivity index (χ4v) is 19.1. The number of aromatic nitrogens is 10. The number of hydrogen-bond donors (Lipinski definition) is 0. The van der Waals surface area contributed by atoms with Gasteiger partial charge in [0.2, 0.25) is 0 Å². The van der Waals surface area contributed by atoms with Gasteiger partial charge in [-0.1, -0.05) is 322 Å². The van der Waals surface area contributed by atoms with Gasteiger partial charge in [0.25, 0.3) is 0 Å². The summed E-state index contributed by atoms with van der Waals surface area (Å²) in [4.78, 5) is 30.9. The topological polar surface area (TPSA) is 123 Å². The molecule has 0 N–H and O–H groups in total. The molecular formula is C114H70N10O2. The molecule has 0 radical (unpaired) electrons. The Morgan fingerprint density at radius 2 is 0.397 bits per heavy atom. The SMILES string of the molecule is c1ccc(-c2cccc(-c3nc(-c4ccccc4)nc(-c4cccc(-n5c6ccccc6c6ccc7c8ccc9c%10ccccc%10n(-c%10ccccc%10)c9c8oc7c65)c4)n3)c2)cc1.c1ccc(-c2nc(-c3cccc(-n4c5ccccc5c5ccc6c7ccc8c9ccccc9n(-c9ccccc9)c8c7oc6c54)c3)nc(-c3ccccc3-c3ccccc3)n2)cc1. The number of rotatable bonds is 12. The van der Waals surface area contributed by atoms with Crippen LogP contribution in [0.3, 0.4) is 0 Å². The number of benzene rings is 18. The van der Waals surface area contributed by atoms with Gasteiger partial charge in [0.15, 0.2) is 57.3 Å². The third-order valence-electron chi connectivity index (χ3n) is 24.7. The third-order valence-corrected chi connectivity index (χ3v) is 24.7. The van der Waals surface area contributed by atoms with E-state index in [0.717, 1.165) is 199 Å². The number of fused-ring (bicyclic) bond motifs is 22. The zero-order chi connectivity index (χ0) is 82.9. The number of hydrogen-bond acceptors (Lipinski definition) is 8. The fourth-order valence-electron chi connectivity index (χ4n) is 19.1. The van der Waals surface area contributed by atoms with E-state index in [1.807, 2.05) is 78.9 Å². The van der Waals surface area contributed by atoms with E-state index in [1.165, 1.54) is 10.8 Å². The summed E-state index contributed by atoms with van der Waals surface area (Å²) in [5.74, 6) is 3.65. The van der Waals surface area contributed by atoms with Gasteiger partial charge in [-0.2, -0.15) is 0 Å². The molecular weight excluding hydrogens is 1540 g/mol. The van der Waals surface area contributed by atoms with Crippen molar-refractivity contribution >= 4 is 131 Å². The minimum atomic E-state index is 0.592. The highest BCUT2D eigenvalue weighted by Crippen LogP contribution is 2.48. The lowest BCUT2D eigenvalue weighted by molar-refractivity contribution is 0.673. The lowest BCUT2D eigenvalue weighted by atomic mass is 9.99. The van der Waals surface area contributed by atoms with Crippen LogP contribution in [0.4, 0.5) is 0 Å². The van der Waals surface area contributed by atoms with Crippen LogP contribution in [0.1, 0.15) is 0 Å². The Morgan fingerprint density at radius 3 is 0.770 bits per heavy atom. The molecule has 18 aromatic carbocycles. The second kappa shape index (κ2) is 29.3. The lowest BCUT2D eigenvalue weighted by Gasteiger charge is -2.13. The molecule has 0 aliphatic heterocycles. The highest BCUT2D eigenvalue weighted by molar-refractivity contribution is 6.28. The average Bonchev–Trinajstić information content (AvgIpc) is 1.54. The second-order valence-electron chi connectivity index (χ2n) is 31.9. The molecule has 126 heavy (non-hydrogen) atoms. The van der Waals surface area contributed by atoms with Crippen LogP contribution in [0, 0.1) is 0 Å². The predicted molar refractivity (Wildman–Crippen MR) is 515 cm³/mol. The van der Waals surface area contributed by atoms with Crippen LogP contribution in [-0.4, -0.2) is 48.2 Å². The van der Waals surface area contributed by atoms with Gasteiger partial charge in [0.1, 0.15) is 0 Å². The quantitative estimate of drug-likeness (QED) is 0.118. The van der Waals surface area contributed by atoms with Crippen LogP contribution in [0.25, 0.3) is 244 Å². The van der Waals surface area contributed by atoms with Crippen LogP contribution >= 0.6 is 0 Å². The molecule has 12 nitrogen and oxygen atoms in total. The molecule has 0 amide bonds. The first-order valence-electron chi connectivity index (χ1n) is 42.4. The first kappa shape index (κ1) is 71.7. The number of furan rings is 2. The highest BCUT2D eigenvalue weighted by atomic mass is 16.3. The van der Waals surface area contributed by atoms with Crippen molar-refractivity contribution in [3.63, 3.8) is 0 Å². The zero-order valence-corrected chi connectivity index (χ0v) is 67.7. The molecule has 0 fully saturated rings. The zero-order valence-electron chi connectivity index (χ0n) is 67.7. The summed E-state index contributed by atoms with van der Waals surface area (Å²) >= 11 is 0. The van der Waals surface area contributed by atoms with E-state index in [9.17, 15) is 0 Å². The van der Waals surface area contributed by atoms with Crippen molar-refractivity contribution < 1.29 is 8.83 Å². The molecule has 0 aliphatic rings. The van der Waals surface area contributed by atoms with E-state index in [-0.39, 0.29) is 0 Å². The number of para-hydroxylation sites is 6. The molecule has 8 heterocycles. The average molecular weight is 1610 g/mol. The van der Waals surface area contributed by atoms with Gasteiger partial charge < -0.3 is 27.1 Å². The van der Waals surface area contributed by atoms with Gasteiger partial charge in [-0.15, -0.1) is 0 Å². The standard InChI is InChI=1S/2C57H35N5O/c1-4-16-36(17-5-1)38-20-14-21-39(34-38)56-58-55(37-18-6-2-7-19-37)59-57(60-56)40-22-15-25-42(35-40)62-50-29-13-11-27-44(50)46-31-33-48-47-32-30-45-43-26-10-12-28-49(43)61(41-23-8-3-9-24-41)51(45)53(47)63-54(48)52(46)62;1-4-17-36(18-5-1)41-25-10-11-28-48(41)57-59-55(37-19-6-2-7-20-37)58-56(60-57)38-21-16-24-40(35-38)62-50-30-15-13-27-43(50)45-32-34-47-46-33-31-44-42-26-12-14-29-49(42)61(39-22-8-3-9-23-39)51(44)53(46)63-54(47)52(45)62/h2*1-35H. The highest BCUT2D eigenvalue weighted by Gasteiger charge is 2.28. The van der Waals surface area contributed by atoms with Crippen LogP contribution < -0.4 is 0 Å². The molecule has 26 aromatic rings. The Hall–Kier alpha value is -17.2. The minimum absolute atomic E-state index is 0.592. The van der Waals surface area contributed by atoms with E-state index in [0.29, 0.717) is 34.9 Å². The van der Waals surface area contributed by atoms with Crippen molar-refractivity contribution in [2.45, 2.75) is 0 Å². The summed E-state index contributed by atoms with van der Waals surface area (Å²) in [7, 11) is 0. The molecule has 0 saturated heterocycles. The van der Waals surface area contributed by atoms with Crippen LogP contribution in [-0.2, 0) is 0 Å². The molecule has 0 unspecified atom stereocenters. The van der Waals surface area contributed by atoms with Crippen molar-refractivity contribution in [3.8, 4) is 113 Å². The van der Waals surface area contributed by atoms with E-state index >= 15 is 0 Å². The van der Waals surface area contributed by atoms with Crippen molar-refractivity contribution in [1.82, 2.24) is 48.2 Å². The van der Waals surface area contributed by atoms with E-state index in [4.69, 9.17) is 38.7 Å². The van der Waals surface area contributed by atoms with Crippen LogP contribution in [0.15, 0.2) is 433 Å². The predicted octanol–water partition coefficient (Wildman–Crippen LogP) is 29.3. The Bertz CT molecular complexity index is 8840. The molecule has 588 valence electrons. The van der Waals surface area contributed by atoms with E-state index < -0.39 is 0 Å². The first-order valence-corrected chi connectivity index (χ1v) is 42.4. The minimum Gasteiger partial charge on any atom is -0.452 e. The molecule has 0 atom stereocenters. The Morgan fingerprint density at radius 1 is 0.151 bits per heavy atom. The molecule has 8 aromatic heterocycles. The largest absolute Gasteiger partial charge is 0.452 e. The summed E-state index contributed by atoms with van der Waals surface area (Å²) in [6.07, 6.45) is 0. The summed E-state index contributed by atoms with van der Waals surface area (Å²) in [6.45, 7) is 0. The Kier molecular flexibility index (Phi) is 16.7. The lowest BCUT2D eigenvalue weighted by Crippen LogP contribution is -2.02. The number of nitrogens with zero attached hydrogens (tertiary/aromatic N) is 10. The Labute approximate surface area is 721 Å². The van der Waals surface area contributed by atoms with Crippen LogP contribution in [0.5, 0.6) is 0 Å². The molecule has 0 bridgehead atoms. The maximum Gasteiger partial charge on any atom is 0.164 e. The molecule has 0 saturated carbocycles. The second-order valence-corrected chi connectivity index (χ2v) is 31.9. The molecule has 26 rings (SSSR count). The monoisotopic (exact) mass is 1610 g/mol. The fraction of sp³-hybridized carbons (Fsp3) is 0. The summed E-state index contributed by atoms with van der Waals surface area (Å²) in [5.41, 5.74) is 26.0. The summed E-state index contributed by atoms with van der Waals surface area (Å²) in [6, 6.07) is 148. The smallest absolute Gasteiger partial charge is 0.164 e. The van der Waals surface area contributed by atoms with Gasteiger partial charge in [-0.25, -0.2) is 29.9 Å². The maximum atomic E-state index is 7.28. The first-order chi connectivity index (χ1) is 62.5. The van der Waals surface area contributed by atoms with Crippen molar-refractivity contribution in [1.29, 1.82) is 0 Å². The summed E-state index contributed by atoms with van der Waals surface area (Å²) < 4.78 is 23.9. The normalized spacial score (nSPS) is 11.8. The van der Waals surface area contributed by atoms with E-state index in [2.05, 4.69) is 364 Å². The third kappa shape index (κ3) is 11.7. The van der Waals surface area contributed by atoms with Crippen LogP contribution in [0.2, 0.25) is 0 Å². The van der Waals surface area contributed by atoms with Crippen molar-refractivity contribution in [3.05, 3.63) is 425 Å². The Balaban J connectivity index is 0.000000137.